The number of amides is 2. The summed E-state index contributed by atoms with van der Waals surface area (Å²) in [6.07, 6.45) is 1.29. The van der Waals surface area contributed by atoms with Crippen molar-refractivity contribution >= 4 is 29.1 Å². The lowest BCUT2D eigenvalue weighted by Crippen LogP contribution is -2.29. The van der Waals surface area contributed by atoms with Gasteiger partial charge in [-0.2, -0.15) is 0 Å². The fraction of sp³-hybridized carbons (Fsp3) is 0.300. The maximum Gasteiger partial charge on any atom is 0.228 e. The Bertz CT molecular complexity index is 809. The van der Waals surface area contributed by atoms with Crippen LogP contribution in [-0.4, -0.2) is 25.5 Å². The van der Waals surface area contributed by atoms with Crippen molar-refractivity contribution in [3.63, 3.8) is 0 Å². The van der Waals surface area contributed by atoms with E-state index in [-0.39, 0.29) is 23.7 Å². The van der Waals surface area contributed by atoms with Crippen molar-refractivity contribution < 1.29 is 14.3 Å². The highest BCUT2D eigenvalue weighted by Gasteiger charge is 2.47. The van der Waals surface area contributed by atoms with Crippen molar-refractivity contribution in [3.8, 4) is 5.75 Å². The van der Waals surface area contributed by atoms with Crippen LogP contribution in [-0.2, 0) is 16.0 Å². The molecule has 1 aliphatic carbocycles. The Labute approximate surface area is 157 Å². The van der Waals surface area contributed by atoms with Gasteiger partial charge in [0, 0.05) is 6.54 Å². The minimum Gasteiger partial charge on any atom is -0.497 e. The van der Waals surface area contributed by atoms with E-state index in [1.54, 1.807) is 31.4 Å². The van der Waals surface area contributed by atoms with Gasteiger partial charge in [0.1, 0.15) is 5.75 Å². The molecule has 2 unspecified atom stereocenters. The highest BCUT2D eigenvalue weighted by Crippen LogP contribution is 2.39. The van der Waals surface area contributed by atoms with Crippen LogP contribution in [0.5, 0.6) is 5.75 Å². The number of ether oxygens (including phenoxy) is 1. The zero-order valence-corrected chi connectivity index (χ0v) is 15.3. The first-order chi connectivity index (χ1) is 12.6. The van der Waals surface area contributed by atoms with Crippen LogP contribution in [0.25, 0.3) is 0 Å². The third-order valence-electron chi connectivity index (χ3n) is 4.44. The Hall–Kier alpha value is -2.53. The summed E-state index contributed by atoms with van der Waals surface area (Å²) in [6, 6.07) is 14.8. The number of para-hydroxylation sites is 1. The summed E-state index contributed by atoms with van der Waals surface area (Å²) in [6.45, 7) is 0.529. The molecule has 136 valence electrons. The first kappa shape index (κ1) is 18.3. The number of anilines is 1. The average Bonchev–Trinajstić information content (AvgIpc) is 3.45. The molecule has 3 rings (SSSR count). The number of methoxy groups -OCH3 is 1. The van der Waals surface area contributed by atoms with E-state index < -0.39 is 0 Å². The van der Waals surface area contributed by atoms with E-state index in [0.29, 0.717) is 30.1 Å². The Kier molecular flexibility index (Phi) is 5.78. The minimum absolute atomic E-state index is 0.0767. The Morgan fingerprint density at radius 2 is 1.88 bits per heavy atom. The molecule has 0 aliphatic heterocycles. The van der Waals surface area contributed by atoms with Crippen LogP contribution in [0.3, 0.4) is 0 Å². The monoisotopic (exact) mass is 372 g/mol. The molecular formula is C20H21ClN2O3. The van der Waals surface area contributed by atoms with Crippen LogP contribution in [0.15, 0.2) is 48.5 Å². The second kappa shape index (κ2) is 8.23. The fourth-order valence-corrected chi connectivity index (χ4v) is 3.03. The third kappa shape index (κ3) is 4.55. The van der Waals surface area contributed by atoms with Gasteiger partial charge in [0.2, 0.25) is 11.8 Å². The predicted molar refractivity (Wildman–Crippen MR) is 101 cm³/mol. The van der Waals surface area contributed by atoms with Crippen LogP contribution in [0, 0.1) is 11.8 Å². The lowest BCUT2D eigenvalue weighted by atomic mass is 10.1. The van der Waals surface area contributed by atoms with Crippen LogP contribution >= 0.6 is 11.6 Å². The molecule has 1 aliphatic rings. The Balaban J connectivity index is 1.44. The van der Waals surface area contributed by atoms with Gasteiger partial charge in [-0.1, -0.05) is 35.9 Å². The van der Waals surface area contributed by atoms with Gasteiger partial charge in [-0.15, -0.1) is 0 Å². The summed E-state index contributed by atoms with van der Waals surface area (Å²) in [5, 5.41) is 6.18. The number of carbonyl (C=O) groups is 2. The number of rotatable bonds is 7. The van der Waals surface area contributed by atoms with Crippen LogP contribution in [0.1, 0.15) is 12.0 Å². The number of hydrogen-bond donors (Lipinski definition) is 2. The van der Waals surface area contributed by atoms with Crippen LogP contribution < -0.4 is 15.4 Å². The van der Waals surface area contributed by atoms with E-state index in [0.717, 1.165) is 11.3 Å². The van der Waals surface area contributed by atoms with Gasteiger partial charge in [0.15, 0.2) is 0 Å². The zero-order valence-electron chi connectivity index (χ0n) is 14.5. The number of benzene rings is 2. The van der Waals surface area contributed by atoms with E-state index in [1.807, 2.05) is 24.3 Å². The quantitative estimate of drug-likeness (QED) is 0.783. The number of hydrogen-bond acceptors (Lipinski definition) is 3. The molecular weight excluding hydrogens is 352 g/mol. The van der Waals surface area contributed by atoms with Gasteiger partial charge in [0.25, 0.3) is 0 Å². The molecule has 2 N–H and O–H groups in total. The molecule has 2 aromatic rings. The standard InChI is InChI=1S/C20H21ClN2O3/c1-26-14-6-4-5-13(11-14)9-10-22-19(24)15-12-16(15)20(25)23-18-8-3-2-7-17(18)21/h2-8,11,15-16H,9-10,12H2,1H3,(H,22,24)(H,23,25). The molecule has 5 nitrogen and oxygen atoms in total. The van der Waals surface area contributed by atoms with Crippen molar-refractivity contribution in [2.24, 2.45) is 11.8 Å². The topological polar surface area (TPSA) is 67.4 Å². The van der Waals surface area contributed by atoms with E-state index >= 15 is 0 Å². The second-order valence-electron chi connectivity index (χ2n) is 6.31. The van der Waals surface area contributed by atoms with Crippen molar-refractivity contribution in [2.75, 3.05) is 19.0 Å². The first-order valence-corrected chi connectivity index (χ1v) is 8.92. The third-order valence-corrected chi connectivity index (χ3v) is 4.77. The van der Waals surface area contributed by atoms with Crippen molar-refractivity contribution in [2.45, 2.75) is 12.8 Å². The molecule has 0 radical (unpaired) electrons. The molecule has 6 heteroatoms. The highest BCUT2D eigenvalue weighted by atomic mass is 35.5. The summed E-state index contributed by atoms with van der Waals surface area (Å²) < 4.78 is 5.19. The Morgan fingerprint density at radius 1 is 1.12 bits per heavy atom. The highest BCUT2D eigenvalue weighted by molar-refractivity contribution is 6.33. The van der Waals surface area contributed by atoms with Crippen molar-refractivity contribution in [1.82, 2.24) is 5.32 Å². The summed E-state index contributed by atoms with van der Waals surface area (Å²) in [7, 11) is 1.63. The maximum absolute atomic E-state index is 12.2. The molecule has 2 amide bonds. The van der Waals surface area contributed by atoms with Gasteiger partial charge in [0.05, 0.1) is 29.7 Å². The molecule has 1 saturated carbocycles. The van der Waals surface area contributed by atoms with Crippen molar-refractivity contribution in [1.29, 1.82) is 0 Å². The first-order valence-electron chi connectivity index (χ1n) is 8.54. The van der Waals surface area contributed by atoms with E-state index in [2.05, 4.69) is 10.6 Å². The van der Waals surface area contributed by atoms with Gasteiger partial charge < -0.3 is 15.4 Å². The summed E-state index contributed by atoms with van der Waals surface area (Å²) >= 11 is 6.04. The predicted octanol–water partition coefficient (Wildman–Crippen LogP) is 3.28. The van der Waals surface area contributed by atoms with Crippen molar-refractivity contribution in [3.05, 3.63) is 59.1 Å². The van der Waals surface area contributed by atoms with Crippen LogP contribution in [0.4, 0.5) is 5.69 Å². The van der Waals surface area contributed by atoms with Gasteiger partial charge in [-0.3, -0.25) is 9.59 Å². The molecule has 0 spiro atoms. The minimum atomic E-state index is -0.289. The smallest absolute Gasteiger partial charge is 0.228 e. The number of halogens is 1. The van der Waals surface area contributed by atoms with E-state index in [1.165, 1.54) is 0 Å². The molecule has 2 aromatic carbocycles. The molecule has 0 aromatic heterocycles. The second-order valence-corrected chi connectivity index (χ2v) is 6.72. The molecule has 1 fully saturated rings. The van der Waals surface area contributed by atoms with Gasteiger partial charge in [-0.05, 0) is 42.7 Å². The van der Waals surface area contributed by atoms with Crippen LogP contribution in [0.2, 0.25) is 5.02 Å². The maximum atomic E-state index is 12.2. The van der Waals surface area contributed by atoms with E-state index in [9.17, 15) is 9.59 Å². The molecule has 0 bridgehead atoms. The SMILES string of the molecule is COc1cccc(CCNC(=O)C2CC2C(=O)Nc2ccccc2Cl)c1. The fourth-order valence-electron chi connectivity index (χ4n) is 2.85. The van der Waals surface area contributed by atoms with Gasteiger partial charge >= 0.3 is 0 Å². The normalized spacial score (nSPS) is 18.1. The zero-order chi connectivity index (χ0) is 18.5. The Morgan fingerprint density at radius 3 is 2.65 bits per heavy atom. The number of nitrogens with one attached hydrogen (secondary N) is 2. The lowest BCUT2D eigenvalue weighted by molar-refractivity contribution is -0.125. The largest absolute Gasteiger partial charge is 0.497 e. The summed E-state index contributed by atoms with van der Waals surface area (Å²) in [5.74, 6) is 0.0106. The lowest BCUT2D eigenvalue weighted by Gasteiger charge is -2.08. The molecule has 0 heterocycles. The molecule has 2 atom stereocenters. The summed E-state index contributed by atoms with van der Waals surface area (Å²) in [5.41, 5.74) is 1.66. The summed E-state index contributed by atoms with van der Waals surface area (Å²) in [4.78, 5) is 24.5. The van der Waals surface area contributed by atoms with E-state index in [4.69, 9.17) is 16.3 Å². The average molecular weight is 373 g/mol. The molecule has 0 saturated heterocycles. The van der Waals surface area contributed by atoms with Gasteiger partial charge in [-0.25, -0.2) is 0 Å². The molecule has 26 heavy (non-hydrogen) atoms. The number of carbonyl (C=O) groups excluding carboxylic acids is 2.